The highest BCUT2D eigenvalue weighted by Crippen LogP contribution is 2.37. The molecule has 5 nitrogen and oxygen atoms in total. The summed E-state index contributed by atoms with van der Waals surface area (Å²) in [5.74, 6) is 0.118. The Balaban J connectivity index is 1.41. The molecule has 4 rings (SSSR count). The van der Waals surface area contributed by atoms with Gasteiger partial charge in [0.25, 0.3) is 5.91 Å². The van der Waals surface area contributed by atoms with E-state index >= 15 is 0 Å². The summed E-state index contributed by atoms with van der Waals surface area (Å²) in [5.41, 5.74) is 1.74. The van der Waals surface area contributed by atoms with Gasteiger partial charge in [-0.25, -0.2) is 0 Å². The monoisotopic (exact) mass is 328 g/mol. The van der Waals surface area contributed by atoms with Crippen LogP contribution in [0.1, 0.15) is 36.5 Å². The minimum atomic E-state index is -0.0821. The molecule has 1 aromatic heterocycles. The van der Waals surface area contributed by atoms with Gasteiger partial charge in [0.2, 0.25) is 0 Å². The molecule has 2 fully saturated rings. The summed E-state index contributed by atoms with van der Waals surface area (Å²) in [6, 6.07) is 7.84. The number of fused-ring (bicyclic) bond motifs is 1. The van der Waals surface area contributed by atoms with E-state index in [4.69, 9.17) is 9.47 Å². The summed E-state index contributed by atoms with van der Waals surface area (Å²) in [6.45, 7) is 4.95. The molecule has 2 aliphatic rings. The van der Waals surface area contributed by atoms with Gasteiger partial charge in [0.1, 0.15) is 0 Å². The van der Waals surface area contributed by atoms with Crippen LogP contribution in [0.15, 0.2) is 30.5 Å². The topological polar surface area (TPSA) is 54.6 Å². The number of carbonyl (C=O) groups is 1. The molecule has 1 spiro atoms. The van der Waals surface area contributed by atoms with Crippen molar-refractivity contribution in [1.82, 2.24) is 9.88 Å². The first kappa shape index (κ1) is 15.7. The first-order chi connectivity index (χ1) is 11.7. The Labute approximate surface area is 141 Å². The molecule has 0 unspecified atom stereocenters. The second kappa shape index (κ2) is 6.22. The van der Waals surface area contributed by atoms with E-state index in [9.17, 15) is 4.79 Å². The molecule has 0 aliphatic carbocycles. The molecule has 1 amide bonds. The number of H-pyrrole nitrogens is 1. The predicted octanol–water partition coefficient (Wildman–Crippen LogP) is 2.97. The van der Waals surface area contributed by atoms with E-state index in [1.807, 2.05) is 42.3 Å². The van der Waals surface area contributed by atoms with Crippen LogP contribution in [0.4, 0.5) is 0 Å². The van der Waals surface area contributed by atoms with Crippen molar-refractivity contribution < 1.29 is 14.3 Å². The average molecular weight is 328 g/mol. The van der Waals surface area contributed by atoms with Gasteiger partial charge < -0.3 is 19.4 Å². The molecule has 0 bridgehead atoms. The van der Waals surface area contributed by atoms with Crippen LogP contribution < -0.4 is 0 Å². The number of amides is 1. The highest BCUT2D eigenvalue weighted by Gasteiger charge is 2.43. The summed E-state index contributed by atoms with van der Waals surface area (Å²) in [6.07, 6.45) is 4.87. The summed E-state index contributed by atoms with van der Waals surface area (Å²) in [7, 11) is 0. The number of benzene rings is 1. The van der Waals surface area contributed by atoms with Crippen LogP contribution in [0.25, 0.3) is 10.9 Å². The van der Waals surface area contributed by atoms with Gasteiger partial charge in [-0.05, 0) is 44.0 Å². The number of rotatable bonds is 3. The molecule has 0 saturated carbocycles. The fraction of sp³-hybridized carbons (Fsp3) is 0.526. The van der Waals surface area contributed by atoms with Gasteiger partial charge in [-0.2, -0.15) is 0 Å². The molecule has 2 aliphatic heterocycles. The molecule has 24 heavy (non-hydrogen) atoms. The van der Waals surface area contributed by atoms with Gasteiger partial charge in [0.15, 0.2) is 0 Å². The maximum absolute atomic E-state index is 12.8. The summed E-state index contributed by atoms with van der Waals surface area (Å²) < 4.78 is 11.8. The van der Waals surface area contributed by atoms with E-state index in [0.29, 0.717) is 6.61 Å². The first-order valence-electron chi connectivity index (χ1n) is 8.81. The average Bonchev–Trinajstić information content (AvgIpc) is 3.22. The lowest BCUT2D eigenvalue weighted by Crippen LogP contribution is -2.46. The van der Waals surface area contributed by atoms with E-state index < -0.39 is 0 Å². The third kappa shape index (κ3) is 2.82. The zero-order valence-corrected chi connectivity index (χ0v) is 14.1. The van der Waals surface area contributed by atoms with Gasteiger partial charge in [0.05, 0.1) is 18.3 Å². The largest absolute Gasteiger partial charge is 0.376 e. The number of nitrogens with one attached hydrogen (secondary N) is 1. The number of hydrogen-bond donors (Lipinski definition) is 1. The van der Waals surface area contributed by atoms with E-state index in [2.05, 4.69) is 4.98 Å². The molecule has 2 saturated heterocycles. The van der Waals surface area contributed by atoms with Gasteiger partial charge >= 0.3 is 0 Å². The van der Waals surface area contributed by atoms with Gasteiger partial charge in [-0.3, -0.25) is 4.79 Å². The van der Waals surface area contributed by atoms with Crippen LogP contribution in [0.2, 0.25) is 0 Å². The minimum Gasteiger partial charge on any atom is -0.376 e. The molecule has 3 heterocycles. The Morgan fingerprint density at radius 2 is 2.21 bits per heavy atom. The first-order valence-corrected chi connectivity index (χ1v) is 8.81. The van der Waals surface area contributed by atoms with Crippen molar-refractivity contribution >= 4 is 16.8 Å². The number of hydrogen-bond acceptors (Lipinski definition) is 3. The van der Waals surface area contributed by atoms with Crippen molar-refractivity contribution in [2.75, 3.05) is 26.3 Å². The molecule has 1 aromatic carbocycles. The quantitative estimate of drug-likeness (QED) is 0.942. The Bertz CT molecular complexity index is 731. The number of nitrogens with zero attached hydrogens (tertiary/aromatic N) is 1. The van der Waals surface area contributed by atoms with Gasteiger partial charge in [-0.15, -0.1) is 0 Å². The predicted molar refractivity (Wildman–Crippen MR) is 92.2 cm³/mol. The lowest BCUT2D eigenvalue weighted by atomic mass is 9.87. The molecule has 2 aromatic rings. The van der Waals surface area contributed by atoms with Crippen molar-refractivity contribution in [2.24, 2.45) is 0 Å². The second-order valence-electron chi connectivity index (χ2n) is 6.85. The van der Waals surface area contributed by atoms with Crippen LogP contribution in [-0.4, -0.2) is 53.8 Å². The van der Waals surface area contributed by atoms with E-state index in [1.54, 1.807) is 0 Å². The number of piperidine rings is 1. The number of aromatic amines is 1. The fourth-order valence-electron chi connectivity index (χ4n) is 3.98. The number of aromatic nitrogens is 1. The SMILES string of the molecule is CCO[C@@H]1COC2(CCN(C(=O)c3ccc4[nH]ccc4c3)CC2)C1. The zero-order chi connectivity index (χ0) is 16.6. The van der Waals surface area contributed by atoms with Crippen molar-refractivity contribution in [3.8, 4) is 0 Å². The Kier molecular flexibility index (Phi) is 4.06. The maximum Gasteiger partial charge on any atom is 0.253 e. The summed E-state index contributed by atoms with van der Waals surface area (Å²) >= 11 is 0. The van der Waals surface area contributed by atoms with Crippen LogP contribution in [0.3, 0.4) is 0 Å². The lowest BCUT2D eigenvalue weighted by molar-refractivity contribution is -0.0407. The smallest absolute Gasteiger partial charge is 0.253 e. The van der Waals surface area contributed by atoms with Crippen LogP contribution >= 0.6 is 0 Å². The van der Waals surface area contributed by atoms with Crippen molar-refractivity contribution in [2.45, 2.75) is 37.9 Å². The van der Waals surface area contributed by atoms with Crippen LogP contribution in [0.5, 0.6) is 0 Å². The third-order valence-corrected chi connectivity index (χ3v) is 5.34. The van der Waals surface area contributed by atoms with E-state index in [0.717, 1.165) is 55.4 Å². The molecule has 0 radical (unpaired) electrons. The lowest BCUT2D eigenvalue weighted by Gasteiger charge is -2.38. The Morgan fingerprint density at radius 1 is 1.38 bits per heavy atom. The normalized spacial score (nSPS) is 23.2. The zero-order valence-electron chi connectivity index (χ0n) is 14.1. The highest BCUT2D eigenvalue weighted by molar-refractivity contribution is 5.98. The number of likely N-dealkylation sites (tertiary alicyclic amines) is 1. The molecular formula is C19H24N2O3. The molecule has 128 valence electrons. The third-order valence-electron chi connectivity index (χ3n) is 5.34. The fourth-order valence-corrected chi connectivity index (χ4v) is 3.98. The molecule has 1 N–H and O–H groups in total. The van der Waals surface area contributed by atoms with Gasteiger partial charge in [-0.1, -0.05) is 0 Å². The van der Waals surface area contributed by atoms with Crippen LogP contribution in [-0.2, 0) is 9.47 Å². The Hall–Kier alpha value is -1.85. The summed E-state index contributed by atoms with van der Waals surface area (Å²) in [4.78, 5) is 17.9. The maximum atomic E-state index is 12.8. The second-order valence-corrected chi connectivity index (χ2v) is 6.85. The van der Waals surface area contributed by atoms with Crippen molar-refractivity contribution in [3.05, 3.63) is 36.0 Å². The van der Waals surface area contributed by atoms with Crippen LogP contribution in [0, 0.1) is 0 Å². The van der Waals surface area contributed by atoms with E-state index in [-0.39, 0.29) is 17.6 Å². The number of ether oxygens (including phenoxy) is 2. The molecule has 1 atom stereocenters. The minimum absolute atomic E-state index is 0.0821. The Morgan fingerprint density at radius 3 is 3.00 bits per heavy atom. The van der Waals surface area contributed by atoms with Gasteiger partial charge in [0, 0.05) is 48.8 Å². The summed E-state index contributed by atoms with van der Waals surface area (Å²) in [5, 5.41) is 1.08. The van der Waals surface area contributed by atoms with Crippen molar-refractivity contribution in [3.63, 3.8) is 0 Å². The standard InChI is InChI=1S/C19H24N2O3/c1-2-23-16-12-19(24-13-16)6-9-21(10-7-19)18(22)15-3-4-17-14(11-15)5-8-20-17/h3-5,8,11,16,20H,2,6-7,9-10,12-13H2,1H3/t16-/m0/s1. The van der Waals surface area contributed by atoms with Crippen molar-refractivity contribution in [1.29, 1.82) is 0 Å². The molecule has 5 heteroatoms. The highest BCUT2D eigenvalue weighted by atomic mass is 16.6. The van der Waals surface area contributed by atoms with E-state index in [1.165, 1.54) is 0 Å². The molecular weight excluding hydrogens is 304 g/mol. The number of carbonyl (C=O) groups excluding carboxylic acids is 1.